The second-order valence-corrected chi connectivity index (χ2v) is 11.8. The fourth-order valence-electron chi connectivity index (χ4n) is 6.26. The predicted molar refractivity (Wildman–Crippen MR) is 176 cm³/mol. The number of carboxylic acid groups (broad SMARTS) is 1. The normalized spacial score (nSPS) is 20.1. The van der Waals surface area contributed by atoms with Gasteiger partial charge in [0.1, 0.15) is 5.75 Å². The molecule has 5 nitrogen and oxygen atoms in total. The molecule has 1 saturated heterocycles. The van der Waals surface area contributed by atoms with E-state index in [9.17, 15) is 9.90 Å². The van der Waals surface area contributed by atoms with Crippen LogP contribution in [0.5, 0.6) is 5.75 Å². The van der Waals surface area contributed by atoms with E-state index in [2.05, 4.69) is 86.6 Å². The Balaban J connectivity index is 1.37. The minimum Gasteiger partial charge on any atom is -0.494 e. The van der Waals surface area contributed by atoms with Crippen molar-refractivity contribution in [1.82, 2.24) is 4.90 Å². The van der Waals surface area contributed by atoms with E-state index in [4.69, 9.17) is 22.1 Å². The van der Waals surface area contributed by atoms with E-state index >= 15 is 0 Å². The number of hydrogen-bond acceptors (Lipinski definition) is 4. The summed E-state index contributed by atoms with van der Waals surface area (Å²) in [6.45, 7) is 6.38. The first-order chi connectivity index (χ1) is 20.9. The molecular formula is C37H41NO4S. The first-order valence-corrected chi connectivity index (χ1v) is 15.7. The lowest BCUT2D eigenvalue weighted by Crippen LogP contribution is -2.53. The van der Waals surface area contributed by atoms with Gasteiger partial charge in [-0.25, -0.2) is 4.79 Å². The number of carbonyl (C=O) groups is 1. The van der Waals surface area contributed by atoms with Crippen molar-refractivity contribution >= 4 is 18.7 Å². The Kier molecular flexibility index (Phi) is 10.4. The molecular weight excluding hydrogens is 554 g/mol. The molecule has 224 valence electrons. The van der Waals surface area contributed by atoms with E-state index < -0.39 is 6.09 Å². The van der Waals surface area contributed by atoms with Gasteiger partial charge in [0.05, 0.1) is 25.9 Å². The number of rotatable bonds is 11. The van der Waals surface area contributed by atoms with Crippen LogP contribution in [0.2, 0.25) is 0 Å². The molecule has 1 unspecified atom stereocenters. The molecule has 43 heavy (non-hydrogen) atoms. The van der Waals surface area contributed by atoms with Crippen LogP contribution in [-0.2, 0) is 11.3 Å². The summed E-state index contributed by atoms with van der Waals surface area (Å²) in [6.07, 6.45) is -0.0974. The minimum absolute atomic E-state index is 0.0207. The highest BCUT2D eigenvalue weighted by Crippen LogP contribution is 2.51. The summed E-state index contributed by atoms with van der Waals surface area (Å²) in [5.41, 5.74) is 6.98. The number of nitrogens with zero attached hydrogens (tertiary/aromatic N) is 1. The van der Waals surface area contributed by atoms with E-state index in [0.717, 1.165) is 23.3 Å². The third-order valence-electron chi connectivity index (χ3n) is 8.51. The van der Waals surface area contributed by atoms with Gasteiger partial charge in [-0.05, 0) is 48.2 Å². The van der Waals surface area contributed by atoms with Gasteiger partial charge in [-0.15, -0.1) is 0 Å². The average Bonchev–Trinajstić information content (AvgIpc) is 3.03. The average molecular weight is 596 g/mol. The number of likely N-dealkylation sites (tertiary alicyclic amines) is 1. The molecule has 1 aliphatic rings. The van der Waals surface area contributed by atoms with Gasteiger partial charge in [-0.3, -0.25) is 0 Å². The molecule has 1 N–H and O–H groups in total. The Labute approximate surface area is 260 Å². The minimum atomic E-state index is -0.900. The monoisotopic (exact) mass is 595 g/mol. The summed E-state index contributed by atoms with van der Waals surface area (Å²) >= 11 is 4.70. The van der Waals surface area contributed by atoms with Gasteiger partial charge in [-0.2, -0.15) is 12.6 Å². The highest BCUT2D eigenvalue weighted by molar-refractivity contribution is 7.80. The number of piperidine rings is 1. The Morgan fingerprint density at radius 2 is 1.37 bits per heavy atom. The number of aryl methyl sites for hydroxylation is 2. The maximum absolute atomic E-state index is 12.6. The van der Waals surface area contributed by atoms with Crippen LogP contribution in [0.3, 0.4) is 0 Å². The maximum atomic E-state index is 12.6. The van der Waals surface area contributed by atoms with Gasteiger partial charge < -0.3 is 19.5 Å². The molecule has 0 bridgehead atoms. The van der Waals surface area contributed by atoms with Gasteiger partial charge in [0.15, 0.2) is 0 Å². The second kappa shape index (κ2) is 14.6. The molecule has 4 aromatic carbocycles. The molecule has 0 radical (unpaired) electrons. The van der Waals surface area contributed by atoms with Crippen LogP contribution in [0, 0.1) is 13.8 Å². The lowest BCUT2D eigenvalue weighted by atomic mass is 9.66. The molecule has 0 aromatic heterocycles. The van der Waals surface area contributed by atoms with Crippen LogP contribution in [0.15, 0.2) is 103 Å². The number of ether oxygens (including phenoxy) is 2. The number of benzene rings is 4. The summed E-state index contributed by atoms with van der Waals surface area (Å²) in [7, 11) is 0. The number of thiol groups is 1. The van der Waals surface area contributed by atoms with Crippen molar-refractivity contribution in [3.8, 4) is 5.75 Å². The van der Waals surface area contributed by atoms with Crippen molar-refractivity contribution in [1.29, 1.82) is 0 Å². The SMILES string of the molecule is Cc1ccc([C@H]2CN(C(=O)O)C(CS)[C@@H](c3ccc(C)cc3)[C@H]2c2ccc(OCCCOCc3ccccc3)cc2)cc1. The van der Waals surface area contributed by atoms with E-state index in [1.54, 1.807) is 4.90 Å². The second-order valence-electron chi connectivity index (χ2n) is 11.5. The van der Waals surface area contributed by atoms with E-state index in [1.807, 2.05) is 30.3 Å². The first-order valence-electron chi connectivity index (χ1n) is 15.0. The largest absolute Gasteiger partial charge is 0.494 e. The van der Waals surface area contributed by atoms with Crippen LogP contribution in [0.1, 0.15) is 57.6 Å². The van der Waals surface area contributed by atoms with Crippen LogP contribution in [0.25, 0.3) is 0 Å². The number of amides is 1. The van der Waals surface area contributed by atoms with Crippen LogP contribution < -0.4 is 4.74 Å². The quantitative estimate of drug-likeness (QED) is 0.135. The van der Waals surface area contributed by atoms with E-state index in [-0.39, 0.29) is 23.8 Å². The van der Waals surface area contributed by atoms with Crippen molar-refractivity contribution < 1.29 is 19.4 Å². The molecule has 4 atom stereocenters. The highest BCUT2D eigenvalue weighted by Gasteiger charge is 2.46. The van der Waals surface area contributed by atoms with Gasteiger partial charge >= 0.3 is 6.09 Å². The standard InChI is InChI=1S/C37H41NO4S/c1-26-9-13-29(14-10-26)33-23-38(37(39)40)34(25-43)36(31-15-11-27(2)12-16-31)35(33)30-17-19-32(20-18-30)42-22-6-21-41-24-28-7-4-3-5-8-28/h3-5,7-20,33-36,43H,6,21-25H2,1-2H3,(H,39,40)/t33-,34?,35+,36-/m1/s1. The smallest absolute Gasteiger partial charge is 0.407 e. The fourth-order valence-corrected chi connectivity index (χ4v) is 6.69. The van der Waals surface area contributed by atoms with Gasteiger partial charge in [0, 0.05) is 36.5 Å². The maximum Gasteiger partial charge on any atom is 0.407 e. The summed E-state index contributed by atoms with van der Waals surface area (Å²) < 4.78 is 11.9. The molecule has 4 aromatic rings. The van der Waals surface area contributed by atoms with Gasteiger partial charge in [0.25, 0.3) is 0 Å². The van der Waals surface area contributed by atoms with Crippen LogP contribution >= 0.6 is 12.6 Å². The first kappa shape index (κ1) is 30.7. The van der Waals surface area contributed by atoms with Crippen molar-refractivity contribution in [2.24, 2.45) is 0 Å². The van der Waals surface area contributed by atoms with Crippen LogP contribution in [-0.4, -0.2) is 47.7 Å². The zero-order chi connectivity index (χ0) is 30.2. The van der Waals surface area contributed by atoms with Crippen molar-refractivity contribution in [3.05, 3.63) is 137 Å². The summed E-state index contributed by atoms with van der Waals surface area (Å²) in [5, 5.41) is 10.3. The Bertz CT molecular complexity index is 1440. The molecule has 5 rings (SSSR count). The van der Waals surface area contributed by atoms with E-state index in [0.29, 0.717) is 32.1 Å². The Morgan fingerprint density at radius 3 is 1.98 bits per heavy atom. The third-order valence-corrected chi connectivity index (χ3v) is 8.88. The summed E-state index contributed by atoms with van der Waals surface area (Å²) in [4.78, 5) is 14.2. The zero-order valence-electron chi connectivity index (χ0n) is 24.9. The molecule has 0 spiro atoms. The predicted octanol–water partition coefficient (Wildman–Crippen LogP) is 8.23. The van der Waals surface area contributed by atoms with E-state index in [1.165, 1.54) is 22.3 Å². The molecule has 1 heterocycles. The Morgan fingerprint density at radius 1 is 0.791 bits per heavy atom. The fraction of sp³-hybridized carbons (Fsp3) is 0.324. The molecule has 0 aliphatic carbocycles. The zero-order valence-corrected chi connectivity index (χ0v) is 25.8. The van der Waals surface area contributed by atoms with Crippen molar-refractivity contribution in [3.63, 3.8) is 0 Å². The summed E-state index contributed by atoms with van der Waals surface area (Å²) in [5.74, 6) is 1.23. The lowest BCUT2D eigenvalue weighted by molar-refractivity contribution is 0.0878. The van der Waals surface area contributed by atoms with Crippen LogP contribution in [0.4, 0.5) is 4.79 Å². The topological polar surface area (TPSA) is 59.0 Å². The molecule has 6 heteroatoms. The Hall–Kier alpha value is -3.74. The van der Waals surface area contributed by atoms with Gasteiger partial charge in [0.2, 0.25) is 0 Å². The molecule has 1 fully saturated rings. The molecule has 1 amide bonds. The third kappa shape index (κ3) is 7.62. The molecule has 0 saturated carbocycles. The summed E-state index contributed by atoms with van der Waals surface area (Å²) in [6, 6.07) is 35.4. The van der Waals surface area contributed by atoms with Crippen molar-refractivity contribution in [2.75, 3.05) is 25.5 Å². The van der Waals surface area contributed by atoms with Gasteiger partial charge in [-0.1, -0.05) is 102 Å². The number of hydrogen-bond donors (Lipinski definition) is 2. The van der Waals surface area contributed by atoms with Crippen molar-refractivity contribution in [2.45, 2.75) is 50.7 Å². The highest BCUT2D eigenvalue weighted by atomic mass is 32.1. The molecule has 1 aliphatic heterocycles. The lowest BCUT2D eigenvalue weighted by Gasteiger charge is -2.49.